The molecule has 1 saturated heterocycles. The molecule has 8 heteroatoms. The summed E-state index contributed by atoms with van der Waals surface area (Å²) in [6.45, 7) is 2.20. The van der Waals surface area contributed by atoms with Crippen molar-refractivity contribution in [2.75, 3.05) is 13.1 Å². The van der Waals surface area contributed by atoms with Gasteiger partial charge in [-0.3, -0.25) is 14.0 Å². The van der Waals surface area contributed by atoms with E-state index in [1.54, 1.807) is 17.0 Å². The lowest BCUT2D eigenvalue weighted by Crippen LogP contribution is -2.29. The molecule has 5 aromatic rings. The molecular formula is C28H25N7O. The summed E-state index contributed by atoms with van der Waals surface area (Å²) in [6.07, 6.45) is 4.19. The van der Waals surface area contributed by atoms with Crippen LogP contribution in [-0.2, 0) is 13.6 Å². The summed E-state index contributed by atoms with van der Waals surface area (Å²) < 4.78 is 5.43. The van der Waals surface area contributed by atoms with Gasteiger partial charge in [0.25, 0.3) is 0 Å². The van der Waals surface area contributed by atoms with E-state index >= 15 is 0 Å². The van der Waals surface area contributed by atoms with Crippen molar-refractivity contribution in [3.05, 3.63) is 101 Å². The van der Waals surface area contributed by atoms with E-state index in [2.05, 4.69) is 45.2 Å². The maximum Gasteiger partial charge on any atom is 0.335 e. The number of likely N-dealkylation sites (tertiary alicyclic amines) is 1. The number of pyridine rings is 1. The maximum absolute atomic E-state index is 13.8. The van der Waals surface area contributed by atoms with Gasteiger partial charge in [0.1, 0.15) is 17.6 Å². The first-order valence-electron chi connectivity index (χ1n) is 12.0. The average molecular weight is 476 g/mol. The Balaban J connectivity index is 1.32. The van der Waals surface area contributed by atoms with Crippen LogP contribution in [0.4, 0.5) is 0 Å². The topological polar surface area (TPSA) is 84.7 Å². The molecule has 0 aliphatic carbocycles. The highest BCUT2D eigenvalue weighted by molar-refractivity contribution is 5.75. The summed E-state index contributed by atoms with van der Waals surface area (Å²) >= 11 is 0. The van der Waals surface area contributed by atoms with Gasteiger partial charge in [-0.15, -0.1) is 0 Å². The first-order valence-corrected chi connectivity index (χ1v) is 12.0. The first-order chi connectivity index (χ1) is 17.6. The van der Waals surface area contributed by atoms with Crippen LogP contribution in [0.2, 0.25) is 0 Å². The second-order valence-corrected chi connectivity index (χ2v) is 9.16. The first kappa shape index (κ1) is 22.0. The van der Waals surface area contributed by atoms with Gasteiger partial charge >= 0.3 is 5.69 Å². The number of aromatic nitrogens is 5. The van der Waals surface area contributed by atoms with E-state index in [-0.39, 0.29) is 11.7 Å². The number of imidazole rings is 2. The Morgan fingerprint density at radius 2 is 1.78 bits per heavy atom. The van der Waals surface area contributed by atoms with Gasteiger partial charge in [-0.25, -0.2) is 14.8 Å². The van der Waals surface area contributed by atoms with Crippen molar-refractivity contribution < 1.29 is 0 Å². The molecule has 2 aromatic carbocycles. The number of fused-ring (bicyclic) bond motifs is 1. The summed E-state index contributed by atoms with van der Waals surface area (Å²) in [5.74, 6) is 0.846. The predicted octanol–water partition coefficient (Wildman–Crippen LogP) is 3.91. The van der Waals surface area contributed by atoms with Gasteiger partial charge < -0.3 is 4.57 Å². The number of rotatable bonds is 5. The van der Waals surface area contributed by atoms with E-state index in [4.69, 9.17) is 0 Å². The third-order valence-corrected chi connectivity index (χ3v) is 7.04. The Kier molecular flexibility index (Phi) is 5.47. The van der Waals surface area contributed by atoms with Crippen LogP contribution >= 0.6 is 0 Å². The zero-order chi connectivity index (χ0) is 24.6. The van der Waals surface area contributed by atoms with E-state index in [9.17, 15) is 10.1 Å². The zero-order valence-corrected chi connectivity index (χ0v) is 20.0. The van der Waals surface area contributed by atoms with Crippen molar-refractivity contribution in [2.45, 2.75) is 19.0 Å². The van der Waals surface area contributed by atoms with Crippen LogP contribution in [0, 0.1) is 11.3 Å². The molecule has 3 aromatic heterocycles. The maximum atomic E-state index is 13.8. The van der Waals surface area contributed by atoms with E-state index < -0.39 is 0 Å². The molecule has 1 aliphatic rings. The van der Waals surface area contributed by atoms with Crippen LogP contribution in [0.15, 0.2) is 83.9 Å². The Bertz CT molecular complexity index is 1640. The van der Waals surface area contributed by atoms with Crippen molar-refractivity contribution in [3.63, 3.8) is 0 Å². The van der Waals surface area contributed by atoms with E-state index in [1.165, 1.54) is 0 Å². The Hall–Kier alpha value is -4.48. The van der Waals surface area contributed by atoms with E-state index in [0.29, 0.717) is 17.9 Å². The molecule has 0 spiro atoms. The molecule has 0 saturated carbocycles. The second kappa shape index (κ2) is 8.95. The van der Waals surface area contributed by atoms with Crippen molar-refractivity contribution in [1.29, 1.82) is 5.26 Å². The molecule has 0 unspecified atom stereocenters. The molecule has 4 heterocycles. The SMILES string of the molecule is Cn1c(C#N)cnc1CN1CC[C@H](n2c(=O)n(-c3ccc(-c4ccccc4)cc3)c3cccnc32)C1. The number of nitriles is 1. The Labute approximate surface area is 208 Å². The van der Waals surface area contributed by atoms with Gasteiger partial charge in [-0.1, -0.05) is 42.5 Å². The molecule has 0 amide bonds. The minimum Gasteiger partial charge on any atom is -0.322 e. The smallest absolute Gasteiger partial charge is 0.322 e. The summed E-state index contributed by atoms with van der Waals surface area (Å²) in [7, 11) is 1.86. The fourth-order valence-corrected chi connectivity index (χ4v) is 5.13. The second-order valence-electron chi connectivity index (χ2n) is 9.16. The van der Waals surface area contributed by atoms with Crippen molar-refractivity contribution in [2.24, 2.45) is 7.05 Å². The number of nitrogens with zero attached hydrogens (tertiary/aromatic N) is 7. The van der Waals surface area contributed by atoms with Crippen molar-refractivity contribution in [3.8, 4) is 22.9 Å². The highest BCUT2D eigenvalue weighted by Crippen LogP contribution is 2.27. The standard InChI is InChI=1S/C28H25N7O/c1-32-24(16-29)17-31-26(32)19-33-15-13-23(18-33)35-27-25(8-5-14-30-27)34(28(35)36)22-11-9-21(10-12-22)20-6-3-2-4-7-20/h2-12,14,17,23H,13,15,18-19H2,1H3/t23-/m0/s1. The van der Waals surface area contributed by atoms with Crippen LogP contribution < -0.4 is 5.69 Å². The molecule has 0 radical (unpaired) electrons. The molecule has 36 heavy (non-hydrogen) atoms. The minimum absolute atomic E-state index is 0.00967. The van der Waals surface area contributed by atoms with Gasteiger partial charge in [0, 0.05) is 26.3 Å². The molecule has 178 valence electrons. The lowest BCUT2D eigenvalue weighted by Gasteiger charge is -2.16. The summed E-state index contributed by atoms with van der Waals surface area (Å²) in [6, 6.07) is 24.3. The molecule has 8 nitrogen and oxygen atoms in total. The number of benzene rings is 2. The highest BCUT2D eigenvalue weighted by Gasteiger charge is 2.29. The number of hydrogen-bond donors (Lipinski definition) is 0. The van der Waals surface area contributed by atoms with Crippen LogP contribution in [0.3, 0.4) is 0 Å². The molecular weight excluding hydrogens is 450 g/mol. The van der Waals surface area contributed by atoms with Crippen LogP contribution in [0.5, 0.6) is 0 Å². The lowest BCUT2D eigenvalue weighted by molar-refractivity contribution is 0.304. The zero-order valence-electron chi connectivity index (χ0n) is 20.0. The molecule has 6 rings (SSSR count). The molecule has 1 fully saturated rings. The third kappa shape index (κ3) is 3.70. The van der Waals surface area contributed by atoms with Gasteiger partial charge in [-0.05, 0) is 41.8 Å². The van der Waals surface area contributed by atoms with Crippen LogP contribution in [0.1, 0.15) is 24.0 Å². The van der Waals surface area contributed by atoms with Crippen molar-refractivity contribution in [1.82, 2.24) is 28.6 Å². The van der Waals surface area contributed by atoms with Gasteiger partial charge in [0.05, 0.1) is 30.0 Å². The molecule has 1 aliphatic heterocycles. The van der Waals surface area contributed by atoms with E-state index in [1.807, 2.05) is 58.6 Å². The van der Waals surface area contributed by atoms with Crippen LogP contribution in [-0.4, -0.2) is 41.7 Å². The van der Waals surface area contributed by atoms with Crippen LogP contribution in [0.25, 0.3) is 28.0 Å². The van der Waals surface area contributed by atoms with E-state index in [0.717, 1.165) is 47.7 Å². The van der Waals surface area contributed by atoms with Gasteiger partial charge in [-0.2, -0.15) is 5.26 Å². The van der Waals surface area contributed by atoms with Gasteiger partial charge in [0.15, 0.2) is 5.65 Å². The fourth-order valence-electron chi connectivity index (χ4n) is 5.13. The average Bonchev–Trinajstić information content (AvgIpc) is 3.60. The predicted molar refractivity (Wildman–Crippen MR) is 138 cm³/mol. The largest absolute Gasteiger partial charge is 0.335 e. The molecule has 1 atom stereocenters. The molecule has 0 N–H and O–H groups in total. The molecule has 0 bridgehead atoms. The Morgan fingerprint density at radius 3 is 2.53 bits per heavy atom. The Morgan fingerprint density at radius 1 is 1.00 bits per heavy atom. The summed E-state index contributed by atoms with van der Waals surface area (Å²) in [5, 5.41) is 9.21. The lowest BCUT2D eigenvalue weighted by atomic mass is 10.1. The van der Waals surface area contributed by atoms with Gasteiger partial charge in [0.2, 0.25) is 0 Å². The normalized spacial score (nSPS) is 15.9. The quantitative estimate of drug-likeness (QED) is 0.385. The fraction of sp³-hybridized carbons (Fsp3) is 0.214. The third-order valence-electron chi connectivity index (χ3n) is 7.04. The summed E-state index contributed by atoms with van der Waals surface area (Å²) in [5.41, 5.74) is 5.04. The number of hydrogen-bond acceptors (Lipinski definition) is 5. The summed E-state index contributed by atoms with van der Waals surface area (Å²) in [4.78, 5) is 25.1. The van der Waals surface area contributed by atoms with Crippen molar-refractivity contribution >= 4 is 11.2 Å². The minimum atomic E-state index is -0.0771. The highest BCUT2D eigenvalue weighted by atomic mass is 16.2. The monoisotopic (exact) mass is 475 g/mol.